The Morgan fingerprint density at radius 3 is 1.32 bits per heavy atom. The van der Waals surface area contributed by atoms with Crippen LogP contribution in [-0.2, 0) is 49.7 Å². The fourth-order valence-electron chi connectivity index (χ4n) is 11.5. The molecule has 0 aliphatic carbocycles. The van der Waals surface area contributed by atoms with Gasteiger partial charge in [0.05, 0.1) is 6.57 Å². The number of fused-ring (bicyclic) bond motifs is 2. The third kappa shape index (κ3) is 15.7. The molecule has 2 aromatic carbocycles. The van der Waals surface area contributed by atoms with E-state index in [4.69, 9.17) is 6.57 Å². The van der Waals surface area contributed by atoms with Gasteiger partial charge in [-0.3, -0.25) is 4.79 Å². The number of anilines is 2. The molecule has 0 fully saturated rings. The summed E-state index contributed by atoms with van der Waals surface area (Å²) >= 11 is 9.77. The molecule has 0 amide bonds. The first kappa shape index (κ1) is 60.5. The lowest BCUT2D eigenvalue weighted by Gasteiger charge is -2.25. The molecule has 4 nitrogen and oxygen atoms in total. The highest BCUT2D eigenvalue weighted by atomic mass is 32.1. The number of nitrogens with zero attached hydrogens (tertiary/aromatic N) is 2. The predicted molar refractivity (Wildman–Crippen MR) is 351 cm³/mol. The average Bonchev–Trinajstić information content (AvgIpc) is 4.49. The zero-order valence-corrected chi connectivity index (χ0v) is 52.7. The lowest BCUT2D eigenvalue weighted by molar-refractivity contribution is -0.132. The fourth-order valence-corrected chi connectivity index (χ4v) is 18.1. The van der Waals surface area contributed by atoms with Crippen LogP contribution in [-0.4, -0.2) is 17.6 Å². The summed E-state index contributed by atoms with van der Waals surface area (Å²) < 4.78 is 0. The normalized spacial score (nSPS) is 12.5. The molecule has 0 spiro atoms. The molecule has 0 bridgehead atoms. The van der Waals surface area contributed by atoms with Crippen molar-refractivity contribution in [1.82, 2.24) is 0 Å². The summed E-state index contributed by atoms with van der Waals surface area (Å²) in [6.07, 6.45) is 33.3. The van der Waals surface area contributed by atoms with Crippen LogP contribution in [0.15, 0.2) is 78.5 Å². The van der Waals surface area contributed by atoms with Crippen molar-refractivity contribution in [1.29, 1.82) is 0 Å². The van der Waals surface area contributed by atoms with Gasteiger partial charge in [0.15, 0.2) is 0 Å². The molecular weight excluding hydrogens is 1060 g/mol. The van der Waals surface area contributed by atoms with Gasteiger partial charge in [-0.15, -0.1) is 56.7 Å². The van der Waals surface area contributed by atoms with Crippen molar-refractivity contribution in [3.8, 4) is 49.5 Å². The van der Waals surface area contributed by atoms with E-state index >= 15 is 0 Å². The molecule has 0 saturated heterocycles. The maximum absolute atomic E-state index is 12.2. The first-order chi connectivity index (χ1) is 38.7. The van der Waals surface area contributed by atoms with Gasteiger partial charge in [0.25, 0.3) is 5.70 Å². The van der Waals surface area contributed by atoms with E-state index in [-0.39, 0.29) is 5.70 Å². The number of benzene rings is 2. The molecule has 79 heavy (non-hydrogen) atoms. The smallest absolute Gasteiger partial charge is 0.333 e. The number of thiophene rings is 5. The zero-order valence-electron chi connectivity index (χ0n) is 48.6. The van der Waals surface area contributed by atoms with Gasteiger partial charge in [0.1, 0.15) is 0 Å². The average molecular weight is 1150 g/mol. The van der Waals surface area contributed by atoms with Gasteiger partial charge in [0.2, 0.25) is 0 Å². The minimum absolute atomic E-state index is 0.210. The number of carboxylic acids is 1. The Morgan fingerprint density at radius 1 is 0.481 bits per heavy atom. The number of hydrogen-bond acceptors (Lipinski definition) is 7. The molecule has 0 saturated carbocycles. The summed E-state index contributed by atoms with van der Waals surface area (Å²) in [5.41, 5.74) is 13.9. The van der Waals surface area contributed by atoms with Crippen LogP contribution in [0, 0.1) is 6.57 Å². The van der Waals surface area contributed by atoms with E-state index in [1.807, 2.05) is 34.0 Å². The Morgan fingerprint density at radius 2 is 0.873 bits per heavy atom. The lowest BCUT2D eigenvalue weighted by Crippen LogP contribution is -2.17. The summed E-state index contributed by atoms with van der Waals surface area (Å²) in [5, 5.41) is 9.96. The number of carboxylic acid groups (broad SMARTS) is 1. The Hall–Kier alpha value is -4.56. The van der Waals surface area contributed by atoms with E-state index in [1.165, 1.54) is 209 Å². The van der Waals surface area contributed by atoms with Crippen LogP contribution in [0.4, 0.5) is 11.4 Å². The fraction of sp³-hybridized carbons (Fsp3) is 0.486. The van der Waals surface area contributed by atoms with E-state index in [2.05, 4.69) is 135 Å². The van der Waals surface area contributed by atoms with Crippen LogP contribution in [0.2, 0.25) is 0 Å². The molecule has 9 heteroatoms. The zero-order chi connectivity index (χ0) is 55.5. The van der Waals surface area contributed by atoms with Gasteiger partial charge in [-0.2, -0.15) is 0 Å². The van der Waals surface area contributed by atoms with Gasteiger partial charge in [-0.25, -0.2) is 4.85 Å². The Balaban J connectivity index is 1.22. The summed E-state index contributed by atoms with van der Waals surface area (Å²) in [6, 6.07) is 29.0. The van der Waals surface area contributed by atoms with Crippen LogP contribution < -0.4 is 4.90 Å². The van der Waals surface area contributed by atoms with Crippen LogP contribution in [0.25, 0.3) is 60.4 Å². The van der Waals surface area contributed by atoms with Gasteiger partial charge in [0, 0.05) is 66.7 Å². The van der Waals surface area contributed by atoms with Crippen LogP contribution in [0.1, 0.15) is 214 Å². The number of para-hydroxylation sites is 1. The standard InChI is InChI=1S/C70H88N2O2S5/c1-8-14-19-24-32-51-43-62(75-61(51)48-57(71-7)70(73)74)66-54(34-26-21-16-10-3)45-64(77-66)68-56(36-28-23-18-12-5)47-65(79-68)69-55(35-27-22-17-11-4)46-63(78-69)67-53(33-25-20-15-9-2)44-60(76-67)52-40-41-59-50(42-52)39-38-49-31-29-30-37-58(49)72(59)13-6/h29-31,37,40-48H,8-28,32-36,38-39H2,1-6H3,(H,73,74)/b57-48-. The summed E-state index contributed by atoms with van der Waals surface area (Å²) in [6.45, 7) is 22.4. The van der Waals surface area contributed by atoms with Crippen molar-refractivity contribution < 1.29 is 9.90 Å². The first-order valence-corrected chi connectivity index (χ1v) is 34.8. The Kier molecular flexibility index (Phi) is 23.8. The van der Waals surface area contributed by atoms with Gasteiger partial charge >= 0.3 is 5.97 Å². The number of aliphatic carboxylic acids is 1. The highest BCUT2D eigenvalue weighted by Crippen LogP contribution is 2.52. The van der Waals surface area contributed by atoms with Gasteiger partial charge < -0.3 is 10.0 Å². The number of carbonyl (C=O) groups is 1. The highest BCUT2D eigenvalue weighted by molar-refractivity contribution is 7.30. The largest absolute Gasteiger partial charge is 0.486 e. The third-order valence-electron chi connectivity index (χ3n) is 16.0. The van der Waals surface area contributed by atoms with E-state index in [0.717, 1.165) is 75.6 Å². The molecule has 0 atom stereocenters. The van der Waals surface area contributed by atoms with E-state index in [1.54, 1.807) is 17.4 Å². The second-order valence-electron chi connectivity index (χ2n) is 22.1. The SMILES string of the molecule is [C-]#[N+]/C(=C\c1sc(-c2sc(-c3sc(-c4sc(-c5sc(-c6ccc7c(c6)CCc6ccccc6N7CC)cc5CCCCCC)cc4CCCCCC)cc3CCCCCC)cc2CCCCCC)cc1CCCCCC)C(=O)O. The lowest BCUT2D eigenvalue weighted by atomic mass is 10.0. The molecule has 1 aliphatic heterocycles. The topological polar surface area (TPSA) is 44.9 Å². The maximum Gasteiger partial charge on any atom is 0.333 e. The molecule has 0 radical (unpaired) electrons. The first-order valence-electron chi connectivity index (χ1n) is 30.7. The molecule has 0 unspecified atom stereocenters. The van der Waals surface area contributed by atoms with Crippen molar-refractivity contribution in [2.75, 3.05) is 11.4 Å². The van der Waals surface area contributed by atoms with Crippen molar-refractivity contribution in [2.45, 2.75) is 215 Å². The quantitative estimate of drug-likeness (QED) is 0.0253. The highest BCUT2D eigenvalue weighted by Gasteiger charge is 2.26. The second kappa shape index (κ2) is 31.0. The summed E-state index contributed by atoms with van der Waals surface area (Å²) in [7, 11) is 0. The molecule has 1 aliphatic rings. The molecule has 5 aromatic heterocycles. The van der Waals surface area contributed by atoms with Crippen molar-refractivity contribution in [2.24, 2.45) is 0 Å². The van der Waals surface area contributed by atoms with Gasteiger partial charge in [-0.05, 0) is 183 Å². The minimum Gasteiger partial charge on any atom is -0.486 e. The Bertz CT molecular complexity index is 3130. The van der Waals surface area contributed by atoms with Crippen LogP contribution in [0.5, 0.6) is 0 Å². The number of rotatable bonds is 33. The molecule has 7 aromatic rings. The molecule has 420 valence electrons. The number of unbranched alkanes of at least 4 members (excludes halogenated alkanes) is 15. The third-order valence-corrected chi connectivity index (χ3v) is 22.6. The maximum atomic E-state index is 12.2. The second-order valence-corrected chi connectivity index (χ2v) is 27.4. The van der Waals surface area contributed by atoms with Gasteiger partial charge in [-0.1, -0.05) is 155 Å². The number of aryl methyl sites for hydroxylation is 7. The van der Waals surface area contributed by atoms with E-state index in [9.17, 15) is 9.90 Å². The van der Waals surface area contributed by atoms with Crippen molar-refractivity contribution >= 4 is 80.1 Å². The van der Waals surface area contributed by atoms with Crippen LogP contribution >= 0.6 is 56.7 Å². The minimum atomic E-state index is -1.15. The number of hydrogen-bond donors (Lipinski definition) is 1. The monoisotopic (exact) mass is 1150 g/mol. The van der Waals surface area contributed by atoms with E-state index < -0.39 is 5.97 Å². The van der Waals surface area contributed by atoms with Crippen molar-refractivity contribution in [3.05, 3.63) is 134 Å². The molecular formula is C70H88N2O2S5. The molecule has 8 rings (SSSR count). The Labute approximate surface area is 495 Å². The summed E-state index contributed by atoms with van der Waals surface area (Å²) in [5.74, 6) is -1.15. The predicted octanol–water partition coefficient (Wildman–Crippen LogP) is 23.5. The molecule has 1 N–H and O–H groups in total. The van der Waals surface area contributed by atoms with Crippen molar-refractivity contribution in [3.63, 3.8) is 0 Å². The summed E-state index contributed by atoms with van der Waals surface area (Å²) in [4.78, 5) is 31.6. The molecule has 6 heterocycles. The van der Waals surface area contributed by atoms with E-state index in [0.29, 0.717) is 0 Å². The van der Waals surface area contributed by atoms with Crippen LogP contribution in [0.3, 0.4) is 0 Å².